The lowest BCUT2D eigenvalue weighted by Gasteiger charge is -2.47. The van der Waals surface area contributed by atoms with Gasteiger partial charge in [-0.1, -0.05) is 196 Å². The molecule has 0 fully saturated rings. The third kappa shape index (κ3) is 7.96. The Morgan fingerprint density at radius 1 is 0.461 bits per heavy atom. The van der Waals surface area contributed by atoms with Crippen LogP contribution in [0.4, 0.5) is 34.1 Å². The van der Waals surface area contributed by atoms with E-state index in [0.29, 0.717) is 5.56 Å². The van der Waals surface area contributed by atoms with E-state index in [2.05, 4.69) is 231 Å². The molecule has 0 spiro atoms. The number of furan rings is 1. The lowest BCUT2D eigenvalue weighted by Crippen LogP contribution is -2.61. The van der Waals surface area contributed by atoms with Gasteiger partial charge in [-0.15, -0.1) is 0 Å². The van der Waals surface area contributed by atoms with Crippen molar-refractivity contribution in [3.8, 4) is 22.3 Å². The topological polar surface area (TPSA) is 19.6 Å². The highest BCUT2D eigenvalue weighted by Gasteiger charge is 2.50. The fourth-order valence-corrected chi connectivity index (χ4v) is 13.4. The molecule has 3 heterocycles. The third-order valence-electron chi connectivity index (χ3n) is 18.6. The van der Waals surface area contributed by atoms with Gasteiger partial charge in [-0.2, -0.15) is 0 Å². The van der Waals surface area contributed by atoms with Crippen molar-refractivity contribution in [1.29, 1.82) is 0 Å². The van der Waals surface area contributed by atoms with Crippen LogP contribution >= 0.6 is 0 Å². The van der Waals surface area contributed by atoms with Gasteiger partial charge in [-0.3, -0.25) is 0 Å². The quantitative estimate of drug-likeness (QED) is 0.164. The van der Waals surface area contributed by atoms with Gasteiger partial charge in [0.15, 0.2) is 0 Å². The maximum atomic E-state index is 9.64. The molecule has 388 valence electrons. The number of nitrogens with zero attached hydrogens (tertiary/aromatic N) is 2. The Labute approximate surface area is 463 Å². The van der Waals surface area contributed by atoms with Crippen molar-refractivity contribution in [2.75, 3.05) is 9.80 Å². The first-order valence-corrected chi connectivity index (χ1v) is 28.1. The van der Waals surface area contributed by atoms with Crippen molar-refractivity contribution >= 4 is 68.4 Å². The third-order valence-corrected chi connectivity index (χ3v) is 18.6. The average molecular weight is 1010 g/mol. The number of benzene rings is 7. The molecule has 4 heteroatoms. The van der Waals surface area contributed by atoms with Crippen LogP contribution in [0.1, 0.15) is 189 Å². The van der Waals surface area contributed by atoms with Gasteiger partial charge in [0.2, 0.25) is 0 Å². The van der Waals surface area contributed by atoms with Crippen LogP contribution in [0, 0.1) is 0 Å². The molecule has 0 atom stereocenters. The van der Waals surface area contributed by atoms with E-state index in [1.165, 1.54) is 38.9 Å². The van der Waals surface area contributed by atoms with Gasteiger partial charge >= 0.3 is 0 Å². The molecule has 0 bridgehead atoms. The van der Waals surface area contributed by atoms with Crippen LogP contribution < -0.4 is 26.4 Å². The van der Waals surface area contributed by atoms with Gasteiger partial charge in [0.1, 0.15) is 5.58 Å². The van der Waals surface area contributed by atoms with Crippen LogP contribution in [0.15, 0.2) is 138 Å². The van der Waals surface area contributed by atoms with E-state index in [1.807, 2.05) is 0 Å². The average Bonchev–Trinajstić information content (AvgIpc) is 1.90. The van der Waals surface area contributed by atoms with Crippen LogP contribution in [0.3, 0.4) is 0 Å². The van der Waals surface area contributed by atoms with E-state index < -0.39 is 12.8 Å². The fraction of sp³-hybridized carbons (Fsp3) is 0.389. The maximum absolute atomic E-state index is 9.64. The smallest absolute Gasteiger partial charge is 0.297 e. The largest absolute Gasteiger partial charge is 0.468 e. The Morgan fingerprint density at radius 3 is 1.50 bits per heavy atom. The number of anilines is 6. The monoisotopic (exact) mass is 1010 g/mol. The van der Waals surface area contributed by atoms with E-state index in [4.69, 9.17) is 8.53 Å². The molecule has 0 N–H and O–H groups in total. The van der Waals surface area contributed by atoms with Crippen molar-refractivity contribution in [3.63, 3.8) is 0 Å². The summed E-state index contributed by atoms with van der Waals surface area (Å²) in [6.07, 6.45) is 4.22. The molecule has 0 unspecified atom stereocenters. The Bertz CT molecular complexity index is 3920. The van der Waals surface area contributed by atoms with Crippen molar-refractivity contribution in [2.24, 2.45) is 0 Å². The molecular formula is C72H81BN2O. The molecule has 7 aromatic carbocycles. The van der Waals surface area contributed by atoms with Crippen LogP contribution in [0.25, 0.3) is 33.2 Å². The molecular weight excluding hydrogens is 920 g/mol. The van der Waals surface area contributed by atoms with Crippen LogP contribution in [0.2, 0.25) is 0 Å². The summed E-state index contributed by atoms with van der Waals surface area (Å²) in [5.41, 5.74) is 20.9. The molecule has 0 radical (unpaired) electrons. The van der Waals surface area contributed by atoms with E-state index >= 15 is 0 Å². The summed E-state index contributed by atoms with van der Waals surface area (Å²) in [4.78, 5) is 4.86. The molecule has 3 nitrogen and oxygen atoms in total. The van der Waals surface area contributed by atoms with Crippen molar-refractivity contribution < 1.29 is 11.3 Å². The van der Waals surface area contributed by atoms with E-state index in [1.54, 1.807) is 0 Å². The highest BCUT2D eigenvalue weighted by Crippen LogP contribution is 2.55. The molecule has 0 saturated heterocycles. The second-order valence-electron chi connectivity index (χ2n) is 28.8. The van der Waals surface area contributed by atoms with Gasteiger partial charge in [0.05, 0.1) is 23.9 Å². The Morgan fingerprint density at radius 2 is 0.947 bits per heavy atom. The normalized spacial score (nSPS) is 18.9. The Balaban J connectivity index is 1.29. The zero-order valence-electron chi connectivity index (χ0n) is 53.5. The summed E-state index contributed by atoms with van der Waals surface area (Å²) in [5.74, 6) is 0. The number of hydrogen-bond acceptors (Lipinski definition) is 3. The number of rotatable bonds is 4. The predicted octanol–water partition coefficient (Wildman–Crippen LogP) is 18.4. The molecule has 1 aromatic heterocycles. The van der Waals surface area contributed by atoms with E-state index in [0.717, 1.165) is 98.5 Å². The highest BCUT2D eigenvalue weighted by atomic mass is 16.3. The molecule has 0 saturated carbocycles. The zero-order valence-corrected chi connectivity index (χ0v) is 48.5. The zero-order chi connectivity index (χ0) is 58.4. The molecule has 4 aliphatic rings. The van der Waals surface area contributed by atoms with Crippen molar-refractivity contribution in [1.82, 2.24) is 0 Å². The van der Waals surface area contributed by atoms with Crippen LogP contribution in [-0.4, -0.2) is 6.71 Å². The Kier molecular flexibility index (Phi) is 9.81. The summed E-state index contributed by atoms with van der Waals surface area (Å²) in [7, 11) is 0. The van der Waals surface area contributed by atoms with Crippen molar-refractivity contribution in [3.05, 3.63) is 172 Å². The fourth-order valence-electron chi connectivity index (χ4n) is 13.4. The summed E-state index contributed by atoms with van der Waals surface area (Å²) in [6, 6.07) is 37.5. The minimum Gasteiger partial charge on any atom is -0.468 e. The Hall–Kier alpha value is -6.26. The molecule has 8 aromatic rings. The molecule has 12 rings (SSSR count). The second kappa shape index (κ2) is 16.6. The summed E-state index contributed by atoms with van der Waals surface area (Å²) in [6.45, 7) is 39.1. The lowest BCUT2D eigenvalue weighted by atomic mass is 9.35. The standard InChI is InChI=1S/C72H81BN2O/c1-66(2,3)47-25-23-45(24-26-47)51-39-49(68(7,8)9)29-32-58(51)75-59-42-55-54(70(12,13)34-35-71(55,14)15)41-57(59)73-63-60(37-46(38-61(63)75)44-21-19-18-20-22-44)74(50-30-27-48(28-31-50)67(4,5)6)64-52-40-53-56(43-62(52)76-65(64)73)72(16,17)36-33-69(53,10)11/h18-32,37-43H,33-36H2,1-17H3/i18D,19D,20D,21D,22D. The lowest BCUT2D eigenvalue weighted by molar-refractivity contribution is 0.332. The minimum absolute atomic E-state index is 0.0435. The summed E-state index contributed by atoms with van der Waals surface area (Å²) < 4.78 is 54.0. The van der Waals surface area contributed by atoms with Gasteiger partial charge in [-0.05, 0) is 185 Å². The van der Waals surface area contributed by atoms with E-state index in [-0.39, 0.29) is 67.6 Å². The minimum atomic E-state index is -0.412. The first-order chi connectivity index (χ1) is 37.6. The number of hydrogen-bond donors (Lipinski definition) is 0. The van der Waals surface area contributed by atoms with Crippen LogP contribution in [-0.2, 0) is 37.9 Å². The first kappa shape index (κ1) is 44.8. The van der Waals surface area contributed by atoms with Crippen LogP contribution in [0.5, 0.6) is 0 Å². The highest BCUT2D eigenvalue weighted by molar-refractivity contribution is 7.00. The van der Waals surface area contributed by atoms with Gasteiger partial charge in [0, 0.05) is 33.7 Å². The molecule has 2 aliphatic heterocycles. The second-order valence-corrected chi connectivity index (χ2v) is 28.8. The van der Waals surface area contributed by atoms with Crippen molar-refractivity contribution in [2.45, 2.75) is 181 Å². The van der Waals surface area contributed by atoms with E-state index in [9.17, 15) is 2.74 Å². The SMILES string of the molecule is [2H]c1c([2H])c([2H])c(-c2cc3c4c(c2)N(c2ccc(C(C)(C)C)cc2)c2c(oc5cc6c(cc25)C(C)(C)CCC6(C)C)B4c2cc4c(cc2N3c2ccc(C(C)(C)C)cc2-c2ccc(C(C)(C)C)cc2)C(C)(C)CCC4(C)C)c([2H])c1[2H]. The summed E-state index contributed by atoms with van der Waals surface area (Å²) >= 11 is 0. The predicted molar refractivity (Wildman–Crippen MR) is 328 cm³/mol. The van der Waals surface area contributed by atoms with Gasteiger partial charge in [-0.25, -0.2) is 0 Å². The number of fused-ring (bicyclic) bond motifs is 8. The molecule has 0 amide bonds. The maximum Gasteiger partial charge on any atom is 0.297 e. The summed E-state index contributed by atoms with van der Waals surface area (Å²) in [5, 5.41) is 1.04. The van der Waals surface area contributed by atoms with Gasteiger partial charge < -0.3 is 14.2 Å². The molecule has 76 heavy (non-hydrogen) atoms. The molecule has 2 aliphatic carbocycles. The first-order valence-electron chi connectivity index (χ1n) is 30.6. The van der Waals surface area contributed by atoms with Gasteiger partial charge in [0.25, 0.3) is 6.71 Å².